The van der Waals surface area contributed by atoms with Crippen LogP contribution in [0.2, 0.25) is 0 Å². The number of nitrogens with zero attached hydrogens (tertiary/aromatic N) is 2. The molecule has 192 valence electrons. The molecule has 0 aliphatic carbocycles. The summed E-state index contributed by atoms with van der Waals surface area (Å²) in [5.74, 6) is 0. The molecule has 8 rings (SSSR count). The molecule has 0 amide bonds. The second kappa shape index (κ2) is 9.62. The molecule has 0 aliphatic rings. The first-order valence-electron chi connectivity index (χ1n) is 14.0. The molecule has 8 aromatic rings. The van der Waals surface area contributed by atoms with Crippen LogP contribution < -0.4 is 0 Å². The summed E-state index contributed by atoms with van der Waals surface area (Å²) >= 11 is 0. The molecule has 0 bridgehead atoms. The zero-order chi connectivity index (χ0) is 27.2. The van der Waals surface area contributed by atoms with E-state index in [2.05, 4.69) is 155 Å². The molecule has 0 aliphatic heterocycles. The Morgan fingerprint density at radius 2 is 0.976 bits per heavy atom. The lowest BCUT2D eigenvalue weighted by atomic mass is 9.93. The second-order valence-electron chi connectivity index (χ2n) is 10.4. The number of pyridine rings is 1. The number of fused-ring (bicyclic) bond motifs is 5. The van der Waals surface area contributed by atoms with Crippen LogP contribution in [-0.4, -0.2) is 9.55 Å². The zero-order valence-corrected chi connectivity index (χ0v) is 22.4. The van der Waals surface area contributed by atoms with E-state index in [1.165, 1.54) is 66.0 Å². The van der Waals surface area contributed by atoms with Crippen LogP contribution in [0, 0.1) is 0 Å². The van der Waals surface area contributed by atoms with Gasteiger partial charge in [0.25, 0.3) is 0 Å². The Morgan fingerprint density at radius 3 is 1.73 bits per heavy atom. The summed E-state index contributed by atoms with van der Waals surface area (Å²) in [6.07, 6.45) is 3.69. The van der Waals surface area contributed by atoms with Crippen LogP contribution >= 0.6 is 0 Å². The Labute approximate surface area is 238 Å². The maximum atomic E-state index is 4.17. The van der Waals surface area contributed by atoms with Gasteiger partial charge in [0.05, 0.1) is 11.0 Å². The lowest BCUT2D eigenvalue weighted by Gasteiger charge is -2.13. The third-order valence-corrected chi connectivity index (χ3v) is 8.10. The monoisotopic (exact) mass is 522 g/mol. The van der Waals surface area contributed by atoms with Crippen LogP contribution in [0.25, 0.3) is 71.6 Å². The standard InChI is InChI=1S/C39H26N2/c1-3-9-27(10-4-1)31-19-20-35-37(25-31)41(32-11-5-2-6-12-32)38-26-36(33-13-7-8-14-34(33)39(35)38)30-17-15-28(16-18-30)29-21-23-40-24-22-29/h1-26H. The molecule has 0 saturated heterocycles. The maximum absolute atomic E-state index is 4.17. The van der Waals surface area contributed by atoms with Gasteiger partial charge in [0, 0.05) is 28.9 Å². The van der Waals surface area contributed by atoms with Crippen molar-refractivity contribution in [1.29, 1.82) is 0 Å². The van der Waals surface area contributed by atoms with Gasteiger partial charge in [0.15, 0.2) is 0 Å². The van der Waals surface area contributed by atoms with Gasteiger partial charge in [0.1, 0.15) is 0 Å². The van der Waals surface area contributed by atoms with Crippen molar-refractivity contribution in [3.8, 4) is 39.1 Å². The van der Waals surface area contributed by atoms with E-state index in [0.717, 1.165) is 5.69 Å². The average Bonchev–Trinajstić information content (AvgIpc) is 3.39. The molecule has 2 heteroatoms. The van der Waals surface area contributed by atoms with Gasteiger partial charge in [-0.1, -0.05) is 109 Å². The van der Waals surface area contributed by atoms with Crippen LogP contribution in [0.1, 0.15) is 0 Å². The van der Waals surface area contributed by atoms with Crippen molar-refractivity contribution in [2.45, 2.75) is 0 Å². The van der Waals surface area contributed by atoms with Gasteiger partial charge in [-0.3, -0.25) is 4.98 Å². The van der Waals surface area contributed by atoms with Crippen molar-refractivity contribution >= 4 is 32.6 Å². The molecule has 2 heterocycles. The van der Waals surface area contributed by atoms with Gasteiger partial charge in [-0.15, -0.1) is 0 Å². The maximum Gasteiger partial charge on any atom is 0.0553 e. The number of rotatable bonds is 4. The fraction of sp³-hybridized carbons (Fsp3) is 0. The Morgan fingerprint density at radius 1 is 0.390 bits per heavy atom. The fourth-order valence-corrected chi connectivity index (χ4v) is 6.17. The SMILES string of the molecule is c1ccc(-c2ccc3c4c5ccccc5c(-c5ccc(-c6ccncc6)cc5)cc4n(-c4ccccc4)c3c2)cc1. The predicted molar refractivity (Wildman–Crippen MR) is 172 cm³/mol. The molecular formula is C39H26N2. The Hall–Kier alpha value is -5.47. The molecule has 0 spiro atoms. The number of aromatic nitrogens is 2. The minimum absolute atomic E-state index is 1.16. The van der Waals surface area contributed by atoms with Crippen LogP contribution in [-0.2, 0) is 0 Å². The highest BCUT2D eigenvalue weighted by Crippen LogP contribution is 2.42. The molecule has 41 heavy (non-hydrogen) atoms. The van der Waals surface area contributed by atoms with Crippen LogP contribution in [0.4, 0.5) is 0 Å². The number of hydrogen-bond donors (Lipinski definition) is 0. The van der Waals surface area contributed by atoms with Crippen LogP contribution in [0.3, 0.4) is 0 Å². The van der Waals surface area contributed by atoms with E-state index in [1.807, 2.05) is 12.4 Å². The van der Waals surface area contributed by atoms with Gasteiger partial charge >= 0.3 is 0 Å². The molecule has 0 unspecified atom stereocenters. The summed E-state index contributed by atoms with van der Waals surface area (Å²) in [5.41, 5.74) is 10.8. The molecule has 2 aromatic heterocycles. The molecule has 2 nitrogen and oxygen atoms in total. The van der Waals surface area contributed by atoms with Crippen molar-refractivity contribution in [2.24, 2.45) is 0 Å². The molecule has 0 saturated carbocycles. The molecular weight excluding hydrogens is 496 g/mol. The summed E-state index contributed by atoms with van der Waals surface area (Å²) in [6, 6.07) is 52.5. The average molecular weight is 523 g/mol. The van der Waals surface area contributed by atoms with Crippen molar-refractivity contribution in [1.82, 2.24) is 9.55 Å². The lowest BCUT2D eigenvalue weighted by Crippen LogP contribution is -1.94. The van der Waals surface area contributed by atoms with E-state index >= 15 is 0 Å². The van der Waals surface area contributed by atoms with Gasteiger partial charge in [-0.05, 0) is 80.6 Å². The van der Waals surface area contributed by atoms with E-state index < -0.39 is 0 Å². The van der Waals surface area contributed by atoms with E-state index in [-0.39, 0.29) is 0 Å². The van der Waals surface area contributed by atoms with E-state index in [4.69, 9.17) is 0 Å². The first kappa shape index (κ1) is 23.4. The number of hydrogen-bond acceptors (Lipinski definition) is 1. The van der Waals surface area contributed by atoms with E-state index in [1.54, 1.807) is 0 Å². The quantitative estimate of drug-likeness (QED) is 0.225. The highest BCUT2D eigenvalue weighted by atomic mass is 15.0. The Bertz CT molecular complexity index is 2160. The smallest absolute Gasteiger partial charge is 0.0553 e. The van der Waals surface area contributed by atoms with Crippen molar-refractivity contribution in [3.05, 3.63) is 158 Å². The van der Waals surface area contributed by atoms with Crippen molar-refractivity contribution < 1.29 is 0 Å². The highest BCUT2D eigenvalue weighted by molar-refractivity contribution is 6.24. The normalized spacial score (nSPS) is 11.4. The summed E-state index contributed by atoms with van der Waals surface area (Å²) in [6.45, 7) is 0. The second-order valence-corrected chi connectivity index (χ2v) is 10.4. The van der Waals surface area contributed by atoms with Gasteiger partial charge in [-0.2, -0.15) is 0 Å². The lowest BCUT2D eigenvalue weighted by molar-refractivity contribution is 1.18. The summed E-state index contributed by atoms with van der Waals surface area (Å²) in [4.78, 5) is 4.17. The van der Waals surface area contributed by atoms with Crippen LogP contribution in [0.15, 0.2) is 158 Å². The highest BCUT2D eigenvalue weighted by Gasteiger charge is 2.18. The fourth-order valence-electron chi connectivity index (χ4n) is 6.17. The van der Waals surface area contributed by atoms with Gasteiger partial charge < -0.3 is 4.57 Å². The number of para-hydroxylation sites is 1. The van der Waals surface area contributed by atoms with E-state index in [0.29, 0.717) is 0 Å². The third-order valence-electron chi connectivity index (χ3n) is 8.10. The molecule has 0 radical (unpaired) electrons. The topological polar surface area (TPSA) is 17.8 Å². The van der Waals surface area contributed by atoms with Gasteiger partial charge in [-0.25, -0.2) is 0 Å². The summed E-state index contributed by atoms with van der Waals surface area (Å²) < 4.78 is 2.43. The zero-order valence-electron chi connectivity index (χ0n) is 22.4. The molecule has 6 aromatic carbocycles. The Balaban J connectivity index is 1.43. The van der Waals surface area contributed by atoms with E-state index in [9.17, 15) is 0 Å². The minimum atomic E-state index is 1.16. The first-order valence-corrected chi connectivity index (χ1v) is 14.0. The summed E-state index contributed by atoms with van der Waals surface area (Å²) in [5, 5.41) is 5.08. The van der Waals surface area contributed by atoms with Crippen LogP contribution in [0.5, 0.6) is 0 Å². The number of benzene rings is 6. The summed E-state index contributed by atoms with van der Waals surface area (Å²) in [7, 11) is 0. The first-order chi connectivity index (χ1) is 20.3. The Kier molecular flexibility index (Phi) is 5.49. The van der Waals surface area contributed by atoms with Gasteiger partial charge in [0.2, 0.25) is 0 Å². The largest absolute Gasteiger partial charge is 0.309 e. The molecule has 0 atom stereocenters. The minimum Gasteiger partial charge on any atom is -0.309 e. The van der Waals surface area contributed by atoms with Crippen molar-refractivity contribution in [2.75, 3.05) is 0 Å². The molecule has 0 fully saturated rings. The predicted octanol–water partition coefficient (Wildman–Crippen LogP) is 10.3. The van der Waals surface area contributed by atoms with Crippen molar-refractivity contribution in [3.63, 3.8) is 0 Å². The molecule has 0 N–H and O–H groups in total. The third kappa shape index (κ3) is 3.92.